The molecule has 0 fully saturated rings. The van der Waals surface area contributed by atoms with Gasteiger partial charge in [-0.25, -0.2) is 0 Å². The summed E-state index contributed by atoms with van der Waals surface area (Å²) in [5.74, 6) is 4.82. The Morgan fingerprint density at radius 2 is 2.11 bits per heavy atom. The Morgan fingerprint density at radius 3 is 2.74 bits per heavy atom. The Bertz CT molecular complexity index is 390. The maximum Gasteiger partial charge on any atom is 0.190 e. The summed E-state index contributed by atoms with van der Waals surface area (Å²) in [7, 11) is 7.70. The van der Waals surface area contributed by atoms with Crippen LogP contribution in [0.4, 0.5) is 0 Å². The monoisotopic (exact) mass is 284 g/mol. The van der Waals surface area contributed by atoms with Crippen LogP contribution in [0, 0.1) is 0 Å². The summed E-state index contributed by atoms with van der Waals surface area (Å²) in [5.41, 5.74) is 0. The summed E-state index contributed by atoms with van der Waals surface area (Å²) in [4.78, 5) is 6.16. The normalized spacial score (nSPS) is 11.9. The Morgan fingerprint density at radius 1 is 1.37 bits per heavy atom. The number of aliphatic imine (C=N–C) groups is 1. The molecule has 2 N–H and O–H groups in total. The molecular formula is C13H24N4OS. The van der Waals surface area contributed by atoms with Gasteiger partial charge < -0.3 is 20.0 Å². The van der Waals surface area contributed by atoms with Crippen LogP contribution in [0.1, 0.15) is 11.5 Å². The van der Waals surface area contributed by atoms with E-state index in [1.807, 2.05) is 32.9 Å². The average molecular weight is 284 g/mol. The summed E-state index contributed by atoms with van der Waals surface area (Å²) in [5, 5.41) is 6.21. The molecule has 1 rings (SSSR count). The predicted molar refractivity (Wildman–Crippen MR) is 82.7 cm³/mol. The summed E-state index contributed by atoms with van der Waals surface area (Å²) < 4.78 is 5.75. The first kappa shape index (κ1) is 15.9. The molecule has 0 unspecified atom stereocenters. The molecule has 1 aromatic heterocycles. The van der Waals surface area contributed by atoms with Crippen molar-refractivity contribution in [2.45, 2.75) is 12.3 Å². The van der Waals surface area contributed by atoms with Crippen molar-refractivity contribution in [3.05, 3.63) is 23.7 Å². The summed E-state index contributed by atoms with van der Waals surface area (Å²) in [6.45, 7) is 1.74. The van der Waals surface area contributed by atoms with E-state index in [-0.39, 0.29) is 0 Å². The van der Waals surface area contributed by atoms with Crippen LogP contribution in [-0.2, 0) is 12.3 Å². The van der Waals surface area contributed by atoms with Gasteiger partial charge in [0.05, 0.1) is 12.3 Å². The van der Waals surface area contributed by atoms with Crippen molar-refractivity contribution < 1.29 is 4.42 Å². The average Bonchev–Trinajstić information content (AvgIpc) is 2.80. The second-order valence-corrected chi connectivity index (χ2v) is 5.51. The van der Waals surface area contributed by atoms with E-state index in [9.17, 15) is 0 Å². The lowest BCUT2D eigenvalue weighted by Crippen LogP contribution is -2.35. The quantitative estimate of drug-likeness (QED) is 0.450. The van der Waals surface area contributed by atoms with Crippen LogP contribution >= 0.6 is 11.8 Å². The molecule has 19 heavy (non-hydrogen) atoms. The Balaban J connectivity index is 2.17. The zero-order valence-electron chi connectivity index (χ0n) is 12.2. The third-order valence-corrected chi connectivity index (χ3v) is 3.41. The maximum atomic E-state index is 5.75. The van der Waals surface area contributed by atoms with Gasteiger partial charge in [0, 0.05) is 26.4 Å². The molecule has 1 aromatic rings. The molecule has 0 bridgehead atoms. The van der Waals surface area contributed by atoms with Crippen LogP contribution in [0.5, 0.6) is 0 Å². The molecule has 1 heterocycles. The van der Waals surface area contributed by atoms with Gasteiger partial charge in [-0.3, -0.25) is 4.99 Å². The van der Waals surface area contributed by atoms with Crippen LogP contribution in [0.15, 0.2) is 21.5 Å². The molecule has 0 amide bonds. The van der Waals surface area contributed by atoms with Gasteiger partial charge in [0.1, 0.15) is 11.5 Å². The molecular weight excluding hydrogens is 260 g/mol. The van der Waals surface area contributed by atoms with Gasteiger partial charge in [-0.1, -0.05) is 0 Å². The molecule has 0 aliphatic rings. The predicted octanol–water partition coefficient (Wildman–Crippen LogP) is 1.37. The van der Waals surface area contributed by atoms with E-state index >= 15 is 0 Å². The van der Waals surface area contributed by atoms with Crippen molar-refractivity contribution in [3.63, 3.8) is 0 Å². The first-order valence-electron chi connectivity index (χ1n) is 6.34. The van der Waals surface area contributed by atoms with E-state index < -0.39 is 0 Å². The van der Waals surface area contributed by atoms with Gasteiger partial charge in [0.15, 0.2) is 5.96 Å². The number of furan rings is 1. The van der Waals surface area contributed by atoms with E-state index in [0.717, 1.165) is 42.1 Å². The molecule has 108 valence electrons. The highest BCUT2D eigenvalue weighted by Gasteiger charge is 2.03. The van der Waals surface area contributed by atoms with Gasteiger partial charge in [-0.2, -0.15) is 11.8 Å². The first-order valence-corrected chi connectivity index (χ1v) is 7.49. The van der Waals surface area contributed by atoms with E-state index in [1.165, 1.54) is 0 Å². The topological polar surface area (TPSA) is 52.8 Å². The standard InChI is InChI=1S/C13H24N4OS/c1-14-13(15-2)16-7-8-19-10-12-6-5-11(18-12)9-17(3)4/h5-6H,7-10H2,1-4H3,(H2,14,15,16). The van der Waals surface area contributed by atoms with Crippen molar-refractivity contribution in [1.29, 1.82) is 0 Å². The smallest absolute Gasteiger partial charge is 0.190 e. The zero-order valence-corrected chi connectivity index (χ0v) is 13.0. The second kappa shape index (κ2) is 8.87. The van der Waals surface area contributed by atoms with Crippen molar-refractivity contribution in [1.82, 2.24) is 15.5 Å². The van der Waals surface area contributed by atoms with E-state index in [1.54, 1.807) is 7.05 Å². The number of thioether (sulfide) groups is 1. The van der Waals surface area contributed by atoms with Gasteiger partial charge in [0.25, 0.3) is 0 Å². The number of nitrogens with one attached hydrogen (secondary N) is 2. The SMILES string of the molecule is C/N=C(\NC)NCCSCc1ccc(CN(C)C)o1. The third-order valence-electron chi connectivity index (χ3n) is 2.43. The molecule has 5 nitrogen and oxygen atoms in total. The first-order chi connectivity index (χ1) is 9.15. The second-order valence-electron chi connectivity index (χ2n) is 4.41. The molecule has 0 radical (unpaired) electrons. The third kappa shape index (κ3) is 6.54. The van der Waals surface area contributed by atoms with Crippen molar-refractivity contribution in [2.75, 3.05) is 40.5 Å². The van der Waals surface area contributed by atoms with Gasteiger partial charge in [-0.05, 0) is 26.2 Å². The van der Waals surface area contributed by atoms with Gasteiger partial charge >= 0.3 is 0 Å². The molecule has 0 spiro atoms. The van der Waals surface area contributed by atoms with Gasteiger partial charge in [-0.15, -0.1) is 0 Å². The number of nitrogens with zero attached hydrogens (tertiary/aromatic N) is 2. The molecule has 0 aliphatic heterocycles. The van der Waals surface area contributed by atoms with Crippen molar-refractivity contribution in [3.8, 4) is 0 Å². The van der Waals surface area contributed by atoms with Crippen LogP contribution in [0.25, 0.3) is 0 Å². The lowest BCUT2D eigenvalue weighted by Gasteiger charge is -2.07. The molecule has 0 atom stereocenters. The van der Waals surface area contributed by atoms with Gasteiger partial charge in [0.2, 0.25) is 0 Å². The minimum atomic E-state index is 0.826. The van der Waals surface area contributed by atoms with Crippen molar-refractivity contribution >= 4 is 17.7 Å². The fourth-order valence-electron chi connectivity index (χ4n) is 1.59. The fourth-order valence-corrected chi connectivity index (χ4v) is 2.34. The van der Waals surface area contributed by atoms with Crippen LogP contribution in [0.2, 0.25) is 0 Å². The molecule has 0 saturated heterocycles. The highest BCUT2D eigenvalue weighted by atomic mass is 32.2. The Hall–Kier alpha value is -1.14. The lowest BCUT2D eigenvalue weighted by molar-refractivity contribution is 0.344. The minimum absolute atomic E-state index is 0.826. The number of hydrogen-bond donors (Lipinski definition) is 2. The van der Waals surface area contributed by atoms with Crippen LogP contribution < -0.4 is 10.6 Å². The number of hydrogen-bond acceptors (Lipinski definition) is 4. The number of rotatable bonds is 7. The molecule has 0 aliphatic carbocycles. The maximum absolute atomic E-state index is 5.75. The Labute approximate surface area is 119 Å². The minimum Gasteiger partial charge on any atom is -0.464 e. The van der Waals surface area contributed by atoms with E-state index in [0.29, 0.717) is 0 Å². The van der Waals surface area contributed by atoms with Crippen LogP contribution in [0.3, 0.4) is 0 Å². The molecule has 0 saturated carbocycles. The molecule has 0 aromatic carbocycles. The highest BCUT2D eigenvalue weighted by molar-refractivity contribution is 7.98. The Kier molecular flexibility index (Phi) is 7.43. The van der Waals surface area contributed by atoms with Crippen molar-refractivity contribution in [2.24, 2.45) is 4.99 Å². The zero-order chi connectivity index (χ0) is 14.1. The number of guanidine groups is 1. The van der Waals surface area contributed by atoms with E-state index in [2.05, 4.69) is 32.7 Å². The summed E-state index contributed by atoms with van der Waals surface area (Å²) in [6.07, 6.45) is 0. The fraction of sp³-hybridized carbons (Fsp3) is 0.615. The summed E-state index contributed by atoms with van der Waals surface area (Å²) >= 11 is 1.85. The van der Waals surface area contributed by atoms with E-state index in [4.69, 9.17) is 4.42 Å². The largest absolute Gasteiger partial charge is 0.464 e. The molecule has 6 heteroatoms. The highest BCUT2D eigenvalue weighted by Crippen LogP contribution is 2.15. The summed E-state index contributed by atoms with van der Waals surface area (Å²) in [6, 6.07) is 4.11. The van der Waals surface area contributed by atoms with Crippen LogP contribution in [-0.4, -0.2) is 51.3 Å². The lowest BCUT2D eigenvalue weighted by atomic mass is 10.4.